The third-order valence-corrected chi connectivity index (χ3v) is 4.89. The lowest BCUT2D eigenvalue weighted by atomic mass is 10.3. The van der Waals surface area contributed by atoms with Crippen LogP contribution >= 0.6 is 22.9 Å². The summed E-state index contributed by atoms with van der Waals surface area (Å²) >= 11 is 7.34. The molecular weight excluding hydrogens is 384 g/mol. The molecule has 0 bridgehead atoms. The number of aromatic nitrogens is 3. The lowest BCUT2D eigenvalue weighted by Gasteiger charge is -2.05. The van der Waals surface area contributed by atoms with Crippen LogP contribution in [0.3, 0.4) is 0 Å². The fourth-order valence-corrected chi connectivity index (χ4v) is 3.29. The van der Waals surface area contributed by atoms with Gasteiger partial charge in [-0.15, -0.1) is 11.3 Å². The molecule has 0 radical (unpaired) electrons. The highest BCUT2D eigenvalue weighted by atomic mass is 35.5. The molecule has 1 N–H and O–H groups in total. The topological polar surface area (TPSA) is 69.0 Å². The molecule has 0 aliphatic heterocycles. The molecule has 0 aliphatic carbocycles. The Kier molecular flexibility index (Phi) is 6.84. The second-order valence-electron chi connectivity index (χ2n) is 6.14. The molecule has 6 nitrogen and oxygen atoms in total. The zero-order valence-corrected chi connectivity index (χ0v) is 16.6. The molecule has 2 heterocycles. The van der Waals surface area contributed by atoms with Crippen molar-refractivity contribution in [1.82, 2.24) is 20.1 Å². The maximum Gasteiger partial charge on any atom is 0.226 e. The van der Waals surface area contributed by atoms with Crippen LogP contribution in [0.5, 0.6) is 5.75 Å². The van der Waals surface area contributed by atoms with Crippen LogP contribution in [0.4, 0.5) is 0 Å². The Labute approximate surface area is 167 Å². The average molecular weight is 405 g/mol. The Bertz CT molecular complexity index is 876. The summed E-state index contributed by atoms with van der Waals surface area (Å²) in [4.78, 5) is 16.5. The number of thiazole rings is 1. The van der Waals surface area contributed by atoms with Crippen molar-refractivity contribution in [2.45, 2.75) is 32.9 Å². The number of halogens is 1. The summed E-state index contributed by atoms with van der Waals surface area (Å²) < 4.78 is 7.55. The lowest BCUT2D eigenvalue weighted by molar-refractivity contribution is -0.120. The molecule has 0 atom stereocenters. The Morgan fingerprint density at radius 1 is 1.33 bits per heavy atom. The number of carbonyl (C=O) groups excluding carboxylic acids is 1. The van der Waals surface area contributed by atoms with E-state index >= 15 is 0 Å². The van der Waals surface area contributed by atoms with Crippen LogP contribution in [0, 0.1) is 6.92 Å². The first kappa shape index (κ1) is 19.4. The molecule has 1 aromatic carbocycles. The van der Waals surface area contributed by atoms with E-state index < -0.39 is 0 Å². The highest BCUT2D eigenvalue weighted by Gasteiger charge is 2.08. The molecule has 1 amide bonds. The predicted molar refractivity (Wildman–Crippen MR) is 106 cm³/mol. The summed E-state index contributed by atoms with van der Waals surface area (Å²) in [5.74, 6) is 0.711. The minimum absolute atomic E-state index is 0.0258. The number of benzene rings is 1. The summed E-state index contributed by atoms with van der Waals surface area (Å²) in [5.41, 5.74) is 1.90. The van der Waals surface area contributed by atoms with Gasteiger partial charge in [0, 0.05) is 29.7 Å². The molecule has 3 rings (SSSR count). The number of amides is 1. The summed E-state index contributed by atoms with van der Waals surface area (Å²) in [7, 11) is 0. The molecule has 27 heavy (non-hydrogen) atoms. The smallest absolute Gasteiger partial charge is 0.226 e. The fraction of sp³-hybridized carbons (Fsp3) is 0.316. The van der Waals surface area contributed by atoms with E-state index in [2.05, 4.69) is 15.4 Å². The Morgan fingerprint density at radius 3 is 2.89 bits per heavy atom. The van der Waals surface area contributed by atoms with Gasteiger partial charge in [0.2, 0.25) is 5.91 Å². The largest absolute Gasteiger partial charge is 0.486 e. The van der Waals surface area contributed by atoms with Gasteiger partial charge in [0.15, 0.2) is 0 Å². The molecular formula is C19H21ClN4O2S. The quantitative estimate of drug-likeness (QED) is 0.553. The van der Waals surface area contributed by atoms with Gasteiger partial charge in [-0.05, 0) is 43.2 Å². The summed E-state index contributed by atoms with van der Waals surface area (Å²) in [5, 5.41) is 10.5. The number of hydrogen-bond acceptors (Lipinski definition) is 5. The molecule has 0 fully saturated rings. The lowest BCUT2D eigenvalue weighted by Crippen LogP contribution is -2.27. The van der Waals surface area contributed by atoms with E-state index in [9.17, 15) is 4.79 Å². The van der Waals surface area contributed by atoms with Crippen molar-refractivity contribution in [3.63, 3.8) is 0 Å². The molecule has 8 heteroatoms. The van der Waals surface area contributed by atoms with Gasteiger partial charge >= 0.3 is 0 Å². The fourth-order valence-electron chi connectivity index (χ4n) is 2.46. The Balaban J connectivity index is 1.36. The van der Waals surface area contributed by atoms with Gasteiger partial charge in [-0.1, -0.05) is 11.6 Å². The normalized spacial score (nSPS) is 10.7. The monoisotopic (exact) mass is 404 g/mol. The van der Waals surface area contributed by atoms with E-state index in [4.69, 9.17) is 16.3 Å². The van der Waals surface area contributed by atoms with Crippen molar-refractivity contribution in [3.8, 4) is 5.75 Å². The molecule has 0 unspecified atom stereocenters. The Morgan fingerprint density at radius 2 is 2.15 bits per heavy atom. The van der Waals surface area contributed by atoms with Crippen molar-refractivity contribution < 1.29 is 9.53 Å². The summed E-state index contributed by atoms with van der Waals surface area (Å²) in [6.07, 6.45) is 4.93. The highest BCUT2D eigenvalue weighted by molar-refractivity contribution is 7.09. The standard InChI is InChI=1S/C19H21ClN4O2S/c1-14-10-22-24(11-14)8-2-7-21-18(25)9-16-13-27-19(23-16)12-26-17-5-3-15(20)4-6-17/h3-6,10-11,13H,2,7-9,12H2,1H3,(H,21,25). The van der Waals surface area contributed by atoms with E-state index in [-0.39, 0.29) is 12.3 Å². The minimum atomic E-state index is -0.0258. The number of carbonyl (C=O) groups is 1. The predicted octanol–water partition coefficient (Wildman–Crippen LogP) is 3.63. The van der Waals surface area contributed by atoms with Crippen molar-refractivity contribution in [3.05, 3.63) is 63.3 Å². The van der Waals surface area contributed by atoms with Crippen molar-refractivity contribution in [1.29, 1.82) is 0 Å². The first-order valence-corrected chi connectivity index (χ1v) is 9.91. The van der Waals surface area contributed by atoms with Crippen LogP contribution < -0.4 is 10.1 Å². The number of nitrogens with one attached hydrogen (secondary N) is 1. The van der Waals surface area contributed by atoms with Crippen molar-refractivity contribution in [2.75, 3.05) is 6.54 Å². The van der Waals surface area contributed by atoms with E-state index in [1.54, 1.807) is 12.1 Å². The van der Waals surface area contributed by atoms with E-state index in [1.807, 2.05) is 41.5 Å². The molecule has 2 aromatic heterocycles. The molecule has 0 aliphatic rings. The highest BCUT2D eigenvalue weighted by Crippen LogP contribution is 2.18. The van der Waals surface area contributed by atoms with Crippen LogP contribution in [-0.2, 0) is 24.4 Å². The number of aryl methyl sites for hydroxylation is 2. The van der Waals surface area contributed by atoms with E-state index in [0.717, 1.165) is 35.0 Å². The average Bonchev–Trinajstić information content (AvgIpc) is 3.27. The number of ether oxygens (including phenoxy) is 1. The zero-order chi connectivity index (χ0) is 19.1. The maximum atomic E-state index is 12.0. The minimum Gasteiger partial charge on any atom is -0.486 e. The van der Waals surface area contributed by atoms with Gasteiger partial charge in [-0.2, -0.15) is 5.10 Å². The molecule has 0 saturated carbocycles. The zero-order valence-electron chi connectivity index (χ0n) is 15.0. The third kappa shape index (κ3) is 6.37. The first-order chi connectivity index (χ1) is 13.1. The maximum absolute atomic E-state index is 12.0. The van der Waals surface area contributed by atoms with Crippen LogP contribution in [0.1, 0.15) is 22.7 Å². The van der Waals surface area contributed by atoms with Crippen molar-refractivity contribution in [2.24, 2.45) is 0 Å². The first-order valence-electron chi connectivity index (χ1n) is 8.66. The number of hydrogen-bond donors (Lipinski definition) is 1. The Hall–Kier alpha value is -2.38. The summed E-state index contributed by atoms with van der Waals surface area (Å²) in [6.45, 7) is 3.79. The van der Waals surface area contributed by atoms with E-state index in [1.165, 1.54) is 11.3 Å². The summed E-state index contributed by atoms with van der Waals surface area (Å²) in [6, 6.07) is 7.19. The molecule has 142 valence electrons. The second kappa shape index (κ2) is 9.53. The van der Waals surface area contributed by atoms with Gasteiger partial charge in [0.25, 0.3) is 0 Å². The number of rotatable bonds is 9. The third-order valence-electron chi connectivity index (χ3n) is 3.77. The van der Waals surface area contributed by atoms with E-state index in [0.29, 0.717) is 18.2 Å². The van der Waals surface area contributed by atoms with Crippen LogP contribution in [-0.4, -0.2) is 27.2 Å². The van der Waals surface area contributed by atoms with Crippen LogP contribution in [0.15, 0.2) is 42.0 Å². The van der Waals surface area contributed by atoms with Crippen molar-refractivity contribution >= 4 is 28.8 Å². The molecule has 0 saturated heterocycles. The SMILES string of the molecule is Cc1cnn(CCCNC(=O)Cc2csc(COc3ccc(Cl)cc3)n2)c1. The van der Waals surface area contributed by atoms with Gasteiger partial charge in [-0.25, -0.2) is 4.98 Å². The van der Waals surface area contributed by atoms with Gasteiger partial charge in [-0.3, -0.25) is 9.48 Å². The number of nitrogens with zero attached hydrogens (tertiary/aromatic N) is 3. The second-order valence-corrected chi connectivity index (χ2v) is 7.52. The van der Waals surface area contributed by atoms with Gasteiger partial charge in [0.05, 0.1) is 18.3 Å². The van der Waals surface area contributed by atoms with Crippen LogP contribution in [0.25, 0.3) is 0 Å². The molecule has 0 spiro atoms. The molecule has 3 aromatic rings. The van der Waals surface area contributed by atoms with Crippen LogP contribution in [0.2, 0.25) is 5.02 Å². The van der Waals surface area contributed by atoms with Gasteiger partial charge in [0.1, 0.15) is 17.4 Å². The van der Waals surface area contributed by atoms with Gasteiger partial charge < -0.3 is 10.1 Å².